The van der Waals surface area contributed by atoms with Crippen LogP contribution in [0.1, 0.15) is 13.8 Å². The summed E-state index contributed by atoms with van der Waals surface area (Å²) in [4.78, 5) is 14.5. The predicted molar refractivity (Wildman–Crippen MR) is 79.8 cm³/mol. The Morgan fingerprint density at radius 3 is 3.05 bits per heavy atom. The van der Waals surface area contributed by atoms with Crippen LogP contribution in [0, 0.1) is 0 Å². The van der Waals surface area contributed by atoms with Crippen LogP contribution >= 0.6 is 0 Å². The van der Waals surface area contributed by atoms with E-state index in [9.17, 15) is 10.2 Å². The Labute approximate surface area is 128 Å². The molecule has 3 aliphatic heterocycles. The maximum absolute atomic E-state index is 10.2. The average Bonchev–Trinajstić information content (AvgIpc) is 3.03. The van der Waals surface area contributed by atoms with Crippen LogP contribution in [0.25, 0.3) is 0 Å². The monoisotopic (exact) mass is 311 g/mol. The first-order chi connectivity index (χ1) is 10.5. The van der Waals surface area contributed by atoms with Crippen molar-refractivity contribution in [2.75, 3.05) is 19.9 Å². The minimum atomic E-state index is -0.930. The largest absolute Gasteiger partial charge is 0.394 e. The quantitative estimate of drug-likeness (QED) is 0.568. The van der Waals surface area contributed by atoms with Gasteiger partial charge in [0.05, 0.1) is 6.61 Å². The van der Waals surface area contributed by atoms with Crippen molar-refractivity contribution >= 4 is 17.9 Å². The number of ether oxygens (including phenoxy) is 2. The molecule has 5 atom stereocenters. The lowest BCUT2D eigenvalue weighted by Gasteiger charge is -2.32. The second kappa shape index (κ2) is 5.67. The second-order valence-corrected chi connectivity index (χ2v) is 5.62. The van der Waals surface area contributed by atoms with E-state index in [-0.39, 0.29) is 6.61 Å². The Hall–Kier alpha value is -1.39. The number of nitrogens with two attached hydrogens (primary N) is 1. The Bertz CT molecular complexity index is 533. The molecule has 0 aromatic rings. The van der Waals surface area contributed by atoms with E-state index in [1.807, 2.05) is 6.92 Å². The summed E-state index contributed by atoms with van der Waals surface area (Å²) in [5.41, 5.74) is 5.75. The summed E-state index contributed by atoms with van der Waals surface area (Å²) >= 11 is 0. The number of aliphatic hydroxyl groups is 2. The normalized spacial score (nSPS) is 40.7. The van der Waals surface area contributed by atoms with Crippen molar-refractivity contribution in [1.82, 2.24) is 4.90 Å². The number of amidine groups is 1. The Morgan fingerprint density at radius 2 is 2.36 bits per heavy atom. The van der Waals surface area contributed by atoms with Gasteiger partial charge in [0.25, 0.3) is 0 Å². The lowest BCUT2D eigenvalue weighted by Crippen LogP contribution is -2.54. The van der Waals surface area contributed by atoms with Gasteiger partial charge < -0.3 is 30.3 Å². The molecule has 1 saturated heterocycles. The van der Waals surface area contributed by atoms with E-state index in [0.717, 1.165) is 0 Å². The van der Waals surface area contributed by atoms with E-state index in [2.05, 4.69) is 15.0 Å². The molecule has 0 spiro atoms. The third kappa shape index (κ3) is 2.34. The Balaban J connectivity index is 1.85. The molecule has 3 rings (SSSR count). The topological polar surface area (TPSA) is 125 Å². The zero-order valence-corrected chi connectivity index (χ0v) is 12.6. The molecule has 4 N–H and O–H groups in total. The number of rotatable bonds is 4. The molecular weight excluding hydrogens is 290 g/mol. The molecule has 0 saturated carbocycles. The fourth-order valence-electron chi connectivity index (χ4n) is 2.90. The molecule has 3 heterocycles. The highest BCUT2D eigenvalue weighted by Crippen LogP contribution is 2.30. The van der Waals surface area contributed by atoms with E-state index in [1.165, 1.54) is 6.34 Å². The molecular formula is C13H21N5O4. The summed E-state index contributed by atoms with van der Waals surface area (Å²) in [5.74, 6) is 0.570. The number of nitrogens with zero attached hydrogens (tertiary/aromatic N) is 4. The first-order valence-corrected chi connectivity index (χ1v) is 7.28. The van der Waals surface area contributed by atoms with Gasteiger partial charge in [-0.15, -0.1) is 0 Å². The van der Waals surface area contributed by atoms with Gasteiger partial charge in [-0.25, -0.2) is 9.98 Å². The maximum Gasteiger partial charge on any atom is 0.162 e. The molecule has 0 amide bonds. The minimum absolute atomic E-state index is 0.286. The fraction of sp³-hybridized carbons (Fsp3) is 0.769. The molecule has 1 unspecified atom stereocenters. The van der Waals surface area contributed by atoms with Gasteiger partial charge in [-0.3, -0.25) is 4.99 Å². The second-order valence-electron chi connectivity index (χ2n) is 5.62. The van der Waals surface area contributed by atoms with Crippen LogP contribution in [0.2, 0.25) is 0 Å². The van der Waals surface area contributed by atoms with Crippen LogP contribution in [0.3, 0.4) is 0 Å². The first-order valence-electron chi connectivity index (χ1n) is 7.28. The molecule has 0 aliphatic carbocycles. The minimum Gasteiger partial charge on any atom is -0.394 e. The summed E-state index contributed by atoms with van der Waals surface area (Å²) < 4.78 is 11.4. The number of hydrogen-bond donors (Lipinski definition) is 3. The lowest BCUT2D eigenvalue weighted by atomic mass is 10.1. The van der Waals surface area contributed by atoms with E-state index in [4.69, 9.17) is 15.2 Å². The highest BCUT2D eigenvalue weighted by molar-refractivity contribution is 6.47. The maximum atomic E-state index is 10.2. The van der Waals surface area contributed by atoms with Crippen molar-refractivity contribution < 1.29 is 19.7 Å². The Morgan fingerprint density at radius 1 is 1.59 bits per heavy atom. The third-order valence-corrected chi connectivity index (χ3v) is 4.01. The number of fused-ring (bicyclic) bond motifs is 1. The first kappa shape index (κ1) is 15.5. The zero-order valence-electron chi connectivity index (χ0n) is 12.6. The van der Waals surface area contributed by atoms with Gasteiger partial charge in [0, 0.05) is 6.61 Å². The fourth-order valence-corrected chi connectivity index (χ4v) is 2.90. The van der Waals surface area contributed by atoms with E-state index >= 15 is 0 Å². The highest BCUT2D eigenvalue weighted by Gasteiger charge is 2.50. The summed E-state index contributed by atoms with van der Waals surface area (Å²) in [6, 6.07) is 0. The van der Waals surface area contributed by atoms with E-state index in [1.54, 1.807) is 11.8 Å². The van der Waals surface area contributed by atoms with Crippen molar-refractivity contribution in [1.29, 1.82) is 0 Å². The van der Waals surface area contributed by atoms with E-state index < -0.39 is 30.2 Å². The van der Waals surface area contributed by atoms with Crippen molar-refractivity contribution in [2.24, 2.45) is 20.7 Å². The number of hydrogen-bond acceptors (Lipinski definition) is 9. The van der Waals surface area contributed by atoms with Gasteiger partial charge in [0.1, 0.15) is 37.0 Å². The molecule has 0 bridgehead atoms. The van der Waals surface area contributed by atoms with Crippen molar-refractivity contribution in [2.45, 2.75) is 44.1 Å². The van der Waals surface area contributed by atoms with Crippen LogP contribution in [0.4, 0.5) is 0 Å². The predicted octanol–water partition coefficient (Wildman–Crippen LogP) is -1.70. The molecule has 1 fully saturated rings. The van der Waals surface area contributed by atoms with Crippen LogP contribution in [0.5, 0.6) is 0 Å². The molecule has 0 aromatic heterocycles. The van der Waals surface area contributed by atoms with Crippen LogP contribution in [0.15, 0.2) is 15.0 Å². The Kier molecular flexibility index (Phi) is 4.00. The van der Waals surface area contributed by atoms with Gasteiger partial charge in [-0.1, -0.05) is 0 Å². The molecule has 0 radical (unpaired) electrons. The van der Waals surface area contributed by atoms with Gasteiger partial charge in [0.15, 0.2) is 17.7 Å². The number of aliphatic imine (C=N–C) groups is 3. The number of aliphatic hydroxyl groups excluding tert-OH is 2. The van der Waals surface area contributed by atoms with Crippen LogP contribution in [-0.4, -0.2) is 83.1 Å². The van der Waals surface area contributed by atoms with Crippen LogP contribution in [-0.2, 0) is 9.47 Å². The van der Waals surface area contributed by atoms with Crippen molar-refractivity contribution in [3.8, 4) is 0 Å². The molecule has 3 aliphatic rings. The van der Waals surface area contributed by atoms with Gasteiger partial charge in [-0.2, -0.15) is 0 Å². The molecule has 0 aromatic carbocycles. The molecule has 9 nitrogen and oxygen atoms in total. The van der Waals surface area contributed by atoms with E-state index in [0.29, 0.717) is 24.8 Å². The standard InChI is InChI=1S/C13H21N5O4/c1-3-21-9-8(20)7(4-19)22-12(9)18-6-16-10-11(18)15-5-17-13(10,2)14/h5,7-9,12,19-20H,3-4,6,14H2,1-2H3/t7-,8-,9-,12-,13?/m1/s1. The molecule has 122 valence electrons. The van der Waals surface area contributed by atoms with Gasteiger partial charge >= 0.3 is 0 Å². The van der Waals surface area contributed by atoms with Crippen molar-refractivity contribution in [3.05, 3.63) is 0 Å². The smallest absolute Gasteiger partial charge is 0.162 e. The SMILES string of the molecule is CCO[C@@H]1[C@H](O)[C@@H](CO)O[C@H]1N1CN=C2C1=NC=NC2(C)N. The summed E-state index contributed by atoms with van der Waals surface area (Å²) in [7, 11) is 0. The zero-order chi connectivity index (χ0) is 15.9. The third-order valence-electron chi connectivity index (χ3n) is 4.01. The highest BCUT2D eigenvalue weighted by atomic mass is 16.6. The molecule has 9 heteroatoms. The van der Waals surface area contributed by atoms with Gasteiger partial charge in [-0.05, 0) is 13.8 Å². The summed E-state index contributed by atoms with van der Waals surface area (Å²) in [6.45, 7) is 4.02. The summed E-state index contributed by atoms with van der Waals surface area (Å²) in [6.07, 6.45) is -1.40. The summed E-state index contributed by atoms with van der Waals surface area (Å²) in [5, 5.41) is 19.6. The molecule has 22 heavy (non-hydrogen) atoms. The average molecular weight is 311 g/mol. The lowest BCUT2D eigenvalue weighted by molar-refractivity contribution is -0.0846. The van der Waals surface area contributed by atoms with Gasteiger partial charge in [0.2, 0.25) is 0 Å². The van der Waals surface area contributed by atoms with Crippen molar-refractivity contribution in [3.63, 3.8) is 0 Å². The van der Waals surface area contributed by atoms with Crippen LogP contribution < -0.4 is 5.73 Å².